The normalized spacial score (nSPS) is 51.9. The highest BCUT2D eigenvalue weighted by atomic mass is 16.6. The maximum atomic E-state index is 5.62. The van der Waals surface area contributed by atoms with Crippen LogP contribution in [0.4, 0.5) is 0 Å². The second kappa shape index (κ2) is 2.45. The van der Waals surface area contributed by atoms with Gasteiger partial charge < -0.3 is 9.47 Å². The summed E-state index contributed by atoms with van der Waals surface area (Å²) in [5, 5.41) is 0. The summed E-state index contributed by atoms with van der Waals surface area (Å²) in [7, 11) is 0. The van der Waals surface area contributed by atoms with E-state index in [2.05, 4.69) is 18.7 Å². The molecule has 0 unspecified atom stereocenters. The molecule has 2 saturated heterocycles. The summed E-state index contributed by atoms with van der Waals surface area (Å²) < 4.78 is 11.2. The molecule has 3 nitrogen and oxygen atoms in total. The van der Waals surface area contributed by atoms with Gasteiger partial charge in [-0.2, -0.15) is 0 Å². The molecule has 66 valence electrons. The smallest absolute Gasteiger partial charge is 0.366 e. The van der Waals surface area contributed by atoms with Crippen LogP contribution in [0.25, 0.3) is 4.85 Å². The average molecular weight is 168 g/mol. The number of hydrogen-bond acceptors (Lipinski definition) is 2. The van der Waals surface area contributed by atoms with E-state index in [1.165, 1.54) is 0 Å². The minimum absolute atomic E-state index is 0.0671. The second-order valence-electron chi connectivity index (χ2n) is 3.82. The fourth-order valence-electron chi connectivity index (χ4n) is 2.15. The fraction of sp³-hybridized carbons (Fsp3) is 0.889. The highest BCUT2D eigenvalue weighted by molar-refractivity contribution is 5.10. The predicted molar refractivity (Wildman–Crippen MR) is 45.1 cm³/mol. The van der Waals surface area contributed by atoms with Gasteiger partial charge in [0.1, 0.15) is 0 Å². The van der Waals surface area contributed by atoms with Crippen LogP contribution in [0.1, 0.15) is 13.8 Å². The Hall–Kier alpha value is -0.590. The van der Waals surface area contributed by atoms with E-state index in [4.69, 9.17) is 16.0 Å². The molecule has 0 aromatic rings. The van der Waals surface area contributed by atoms with Gasteiger partial charge in [0.25, 0.3) is 6.57 Å². The predicted octanol–water partition coefficient (Wildman–Crippen LogP) is 1.35. The molecule has 2 heterocycles. The average Bonchev–Trinajstić information content (AvgIpc) is 2.55. The van der Waals surface area contributed by atoms with Crippen LogP contribution in [-0.4, -0.2) is 25.0 Å². The zero-order valence-electron chi connectivity index (χ0n) is 7.49. The van der Waals surface area contributed by atoms with Crippen molar-refractivity contribution in [3.63, 3.8) is 0 Å². The molecular formula is C9H14NO2+. The molecule has 2 fully saturated rings. The van der Waals surface area contributed by atoms with Crippen LogP contribution in [0, 0.1) is 18.4 Å². The Morgan fingerprint density at radius 3 is 2.75 bits per heavy atom. The Morgan fingerprint density at radius 1 is 1.42 bits per heavy atom. The van der Waals surface area contributed by atoms with Gasteiger partial charge in [0.15, 0.2) is 6.10 Å². The van der Waals surface area contributed by atoms with Crippen molar-refractivity contribution in [2.75, 3.05) is 13.2 Å². The van der Waals surface area contributed by atoms with Crippen molar-refractivity contribution >= 4 is 0 Å². The maximum Gasteiger partial charge on any atom is 0.415 e. The molecule has 0 aromatic heterocycles. The van der Waals surface area contributed by atoms with E-state index < -0.39 is 5.72 Å². The number of hydrogen-bond donors (Lipinski definition) is 0. The molecule has 12 heavy (non-hydrogen) atoms. The van der Waals surface area contributed by atoms with Crippen molar-refractivity contribution in [2.24, 2.45) is 11.8 Å². The van der Waals surface area contributed by atoms with Crippen molar-refractivity contribution in [2.45, 2.75) is 25.7 Å². The SMILES string of the molecule is C#[N+][C@]12OC[C@H](C)[C@H]1OC[C@H]2C. The Kier molecular flexibility index (Phi) is 1.64. The summed E-state index contributed by atoms with van der Waals surface area (Å²) in [6.07, 6.45) is 0.0671. The van der Waals surface area contributed by atoms with Gasteiger partial charge in [0.05, 0.1) is 19.1 Å². The molecule has 0 aromatic carbocycles. The van der Waals surface area contributed by atoms with Gasteiger partial charge in [-0.15, -0.1) is 0 Å². The lowest BCUT2D eigenvalue weighted by Crippen LogP contribution is -2.37. The molecule has 0 amide bonds. The van der Waals surface area contributed by atoms with Crippen molar-refractivity contribution < 1.29 is 9.47 Å². The van der Waals surface area contributed by atoms with Crippen LogP contribution in [0.5, 0.6) is 0 Å². The molecule has 2 rings (SSSR count). The second-order valence-corrected chi connectivity index (χ2v) is 3.82. The number of fused-ring (bicyclic) bond motifs is 1. The van der Waals surface area contributed by atoms with Crippen LogP contribution < -0.4 is 0 Å². The highest BCUT2D eigenvalue weighted by Crippen LogP contribution is 2.44. The van der Waals surface area contributed by atoms with Crippen LogP contribution in [0.2, 0.25) is 0 Å². The van der Waals surface area contributed by atoms with Gasteiger partial charge in [-0.05, 0) is 11.8 Å². The van der Waals surface area contributed by atoms with E-state index in [0.717, 1.165) is 0 Å². The Balaban J connectivity index is 2.32. The van der Waals surface area contributed by atoms with E-state index in [-0.39, 0.29) is 12.0 Å². The number of ether oxygens (including phenoxy) is 2. The molecule has 0 bridgehead atoms. The Morgan fingerprint density at radius 2 is 2.17 bits per heavy atom. The summed E-state index contributed by atoms with van der Waals surface area (Å²) >= 11 is 0. The summed E-state index contributed by atoms with van der Waals surface area (Å²) in [5.74, 6) is 0.680. The quantitative estimate of drug-likeness (QED) is 0.545. The molecule has 0 radical (unpaired) electrons. The van der Waals surface area contributed by atoms with E-state index in [9.17, 15) is 0 Å². The minimum atomic E-state index is -0.542. The first-order valence-corrected chi connectivity index (χ1v) is 4.38. The molecule has 2 aliphatic rings. The lowest BCUT2D eigenvalue weighted by molar-refractivity contribution is -0.00159. The van der Waals surface area contributed by atoms with Crippen LogP contribution in [0.3, 0.4) is 0 Å². The van der Waals surface area contributed by atoms with E-state index in [1.54, 1.807) is 0 Å². The zero-order chi connectivity index (χ0) is 8.77. The first-order valence-electron chi connectivity index (χ1n) is 4.38. The standard InChI is InChI=1S/C9H14NO2/c1-6-4-12-9(10-3)7(2)5-11-8(6)9/h3,6-8H,4-5H2,1-2H3/q+1/t6-,7+,8+,9+/m0/s1. The van der Waals surface area contributed by atoms with Crippen molar-refractivity contribution in [3.05, 3.63) is 4.85 Å². The van der Waals surface area contributed by atoms with Crippen LogP contribution in [0.15, 0.2) is 0 Å². The van der Waals surface area contributed by atoms with E-state index in [0.29, 0.717) is 19.1 Å². The summed E-state index contributed by atoms with van der Waals surface area (Å²) in [6, 6.07) is 0. The molecule has 0 N–H and O–H groups in total. The Labute approximate surface area is 72.5 Å². The fourth-order valence-corrected chi connectivity index (χ4v) is 2.15. The van der Waals surface area contributed by atoms with E-state index in [1.807, 2.05) is 0 Å². The number of rotatable bonds is 0. The highest BCUT2D eigenvalue weighted by Gasteiger charge is 2.66. The van der Waals surface area contributed by atoms with Crippen LogP contribution >= 0.6 is 0 Å². The van der Waals surface area contributed by atoms with Crippen molar-refractivity contribution in [1.82, 2.24) is 0 Å². The zero-order valence-corrected chi connectivity index (χ0v) is 7.49. The third-order valence-electron chi connectivity index (χ3n) is 2.94. The summed E-state index contributed by atoms with van der Waals surface area (Å²) in [4.78, 5) is 3.87. The molecule has 0 aliphatic carbocycles. The largest absolute Gasteiger partial charge is 0.415 e. The number of nitrogens with zero attached hydrogens (tertiary/aromatic N) is 1. The third kappa shape index (κ3) is 0.769. The van der Waals surface area contributed by atoms with Gasteiger partial charge in [0, 0.05) is 5.92 Å². The monoisotopic (exact) mass is 168 g/mol. The first-order chi connectivity index (χ1) is 5.70. The summed E-state index contributed by atoms with van der Waals surface area (Å²) in [6.45, 7) is 11.0. The van der Waals surface area contributed by atoms with Gasteiger partial charge in [0.2, 0.25) is 0 Å². The first kappa shape index (κ1) is 8.03. The van der Waals surface area contributed by atoms with Gasteiger partial charge >= 0.3 is 5.72 Å². The maximum absolute atomic E-state index is 5.62. The third-order valence-corrected chi connectivity index (χ3v) is 2.94. The lowest BCUT2D eigenvalue weighted by Gasteiger charge is -2.12. The van der Waals surface area contributed by atoms with Gasteiger partial charge in [-0.1, -0.05) is 6.92 Å². The van der Waals surface area contributed by atoms with Crippen molar-refractivity contribution in [1.29, 1.82) is 0 Å². The topological polar surface area (TPSA) is 22.8 Å². The van der Waals surface area contributed by atoms with Crippen molar-refractivity contribution in [3.8, 4) is 6.57 Å². The summed E-state index contributed by atoms with van der Waals surface area (Å²) in [5.41, 5.74) is -0.542. The van der Waals surface area contributed by atoms with Gasteiger partial charge in [-0.3, -0.25) is 0 Å². The van der Waals surface area contributed by atoms with Gasteiger partial charge in [-0.25, -0.2) is 0 Å². The molecule has 2 aliphatic heterocycles. The molecule has 3 heteroatoms. The lowest BCUT2D eigenvalue weighted by atomic mass is 9.93. The molecular weight excluding hydrogens is 154 g/mol. The molecule has 0 saturated carbocycles. The molecule has 0 spiro atoms. The molecule has 4 atom stereocenters. The van der Waals surface area contributed by atoms with Crippen LogP contribution in [-0.2, 0) is 9.47 Å². The Bertz CT molecular complexity index is 235. The minimum Gasteiger partial charge on any atom is -0.366 e. The van der Waals surface area contributed by atoms with E-state index >= 15 is 0 Å².